The van der Waals surface area contributed by atoms with Gasteiger partial charge in [-0.05, 0) is 24.1 Å². The normalized spacial score (nSPS) is 17.0. The van der Waals surface area contributed by atoms with E-state index < -0.39 is 0 Å². The molecule has 0 bridgehead atoms. The minimum atomic E-state index is -0.123. The number of hydrogen-bond acceptors (Lipinski definition) is 2. The van der Waals surface area contributed by atoms with Gasteiger partial charge in [-0.25, -0.2) is 0 Å². The molecular formula is C20H19NO2. The van der Waals surface area contributed by atoms with Crippen LogP contribution in [0.15, 0.2) is 52.9 Å². The summed E-state index contributed by atoms with van der Waals surface area (Å²) in [5, 5.41) is 1.13. The Morgan fingerprint density at radius 1 is 1.09 bits per heavy atom. The molecule has 0 saturated carbocycles. The molecule has 3 heteroatoms. The number of carbonyl (C=O) groups is 1. The Bertz CT molecular complexity index is 894. The molecule has 0 fully saturated rings. The number of likely N-dealkylation sites (N-methyl/N-ethyl adjacent to an activating group) is 1. The summed E-state index contributed by atoms with van der Waals surface area (Å²) in [7, 11) is 1.86. The molecule has 1 atom stereocenters. The molecule has 0 radical (unpaired) electrons. The first-order chi connectivity index (χ1) is 11.2. The van der Waals surface area contributed by atoms with Crippen molar-refractivity contribution in [3.63, 3.8) is 0 Å². The monoisotopic (exact) mass is 305 g/mol. The maximum Gasteiger partial charge on any atom is 0.234 e. The molecule has 0 spiro atoms. The van der Waals surface area contributed by atoms with Gasteiger partial charge in [0.2, 0.25) is 5.91 Å². The van der Waals surface area contributed by atoms with E-state index >= 15 is 0 Å². The van der Waals surface area contributed by atoms with Crippen molar-refractivity contribution >= 4 is 22.6 Å². The number of furan rings is 1. The average molecular weight is 305 g/mol. The largest absolute Gasteiger partial charge is 0.461 e. The smallest absolute Gasteiger partial charge is 0.234 e. The summed E-state index contributed by atoms with van der Waals surface area (Å²) < 4.78 is 5.98. The first kappa shape index (κ1) is 14.1. The van der Waals surface area contributed by atoms with Crippen LogP contribution in [0.25, 0.3) is 11.0 Å². The molecule has 116 valence electrons. The summed E-state index contributed by atoms with van der Waals surface area (Å²) in [6.07, 6.45) is 1.53. The highest BCUT2D eigenvalue weighted by atomic mass is 16.3. The van der Waals surface area contributed by atoms with Crippen molar-refractivity contribution in [2.24, 2.45) is 0 Å². The van der Waals surface area contributed by atoms with Crippen molar-refractivity contribution in [1.29, 1.82) is 0 Å². The molecule has 2 aromatic carbocycles. The second-order valence-corrected chi connectivity index (χ2v) is 6.07. The van der Waals surface area contributed by atoms with Crippen LogP contribution in [-0.4, -0.2) is 13.0 Å². The lowest BCUT2D eigenvalue weighted by Gasteiger charge is -2.11. The molecule has 23 heavy (non-hydrogen) atoms. The second kappa shape index (κ2) is 5.27. The van der Waals surface area contributed by atoms with E-state index in [1.165, 1.54) is 5.56 Å². The molecule has 4 rings (SSSR count). The molecule has 3 aromatic rings. The highest BCUT2D eigenvalue weighted by Crippen LogP contribution is 2.40. The molecule has 0 unspecified atom stereocenters. The predicted molar refractivity (Wildman–Crippen MR) is 91.9 cm³/mol. The molecule has 1 aliphatic rings. The zero-order valence-electron chi connectivity index (χ0n) is 13.4. The number of amides is 1. The third kappa shape index (κ3) is 2.07. The first-order valence-corrected chi connectivity index (χ1v) is 8.06. The summed E-state index contributed by atoms with van der Waals surface area (Å²) in [6, 6.07) is 16.2. The van der Waals surface area contributed by atoms with E-state index in [1.54, 1.807) is 4.90 Å². The fourth-order valence-corrected chi connectivity index (χ4v) is 3.63. The van der Waals surface area contributed by atoms with Gasteiger partial charge in [-0.1, -0.05) is 43.3 Å². The summed E-state index contributed by atoms with van der Waals surface area (Å²) in [5.41, 5.74) is 4.22. The fourth-order valence-electron chi connectivity index (χ4n) is 3.63. The van der Waals surface area contributed by atoms with E-state index in [0.29, 0.717) is 6.42 Å². The van der Waals surface area contributed by atoms with Gasteiger partial charge in [0.1, 0.15) is 11.3 Å². The number of benzene rings is 2. The van der Waals surface area contributed by atoms with Crippen LogP contribution in [-0.2, 0) is 17.6 Å². The zero-order valence-corrected chi connectivity index (χ0v) is 13.4. The minimum absolute atomic E-state index is 0.123. The summed E-state index contributed by atoms with van der Waals surface area (Å²) in [6.45, 7) is 2.09. The highest BCUT2D eigenvalue weighted by molar-refractivity contribution is 6.05. The maximum absolute atomic E-state index is 12.7. The molecule has 1 amide bonds. The molecule has 0 N–H and O–H groups in total. The number of para-hydroxylation sites is 2. The molecular weight excluding hydrogens is 286 g/mol. The third-order valence-corrected chi connectivity index (χ3v) is 4.81. The number of aryl methyl sites for hydroxylation is 1. The van der Waals surface area contributed by atoms with E-state index in [9.17, 15) is 4.79 Å². The van der Waals surface area contributed by atoms with E-state index in [2.05, 4.69) is 19.1 Å². The van der Waals surface area contributed by atoms with Crippen LogP contribution in [0.3, 0.4) is 0 Å². The zero-order chi connectivity index (χ0) is 16.0. The Balaban J connectivity index is 1.81. The summed E-state index contributed by atoms with van der Waals surface area (Å²) >= 11 is 0. The quantitative estimate of drug-likeness (QED) is 0.723. The Hall–Kier alpha value is -2.55. The van der Waals surface area contributed by atoms with Crippen LogP contribution < -0.4 is 4.90 Å². The Labute approximate surface area is 135 Å². The van der Waals surface area contributed by atoms with Gasteiger partial charge in [0.15, 0.2) is 0 Å². The van der Waals surface area contributed by atoms with Gasteiger partial charge in [0, 0.05) is 30.1 Å². The highest BCUT2D eigenvalue weighted by Gasteiger charge is 2.35. The number of fused-ring (bicyclic) bond motifs is 2. The molecule has 0 aliphatic carbocycles. The standard InChI is InChI=1S/C20H19NO2/c1-3-18-15(14-9-5-7-11-19(14)23-18)12-16-13-8-4-6-10-17(13)21(2)20(16)22/h4-11,16H,3,12H2,1-2H3/t16-/m0/s1. The third-order valence-electron chi connectivity index (χ3n) is 4.81. The van der Waals surface area contributed by atoms with E-state index in [1.807, 2.05) is 43.4 Å². The van der Waals surface area contributed by atoms with Crippen LogP contribution in [0.5, 0.6) is 0 Å². The van der Waals surface area contributed by atoms with Crippen molar-refractivity contribution in [2.75, 3.05) is 11.9 Å². The molecule has 3 nitrogen and oxygen atoms in total. The summed E-state index contributed by atoms with van der Waals surface area (Å²) in [4.78, 5) is 14.5. The van der Waals surface area contributed by atoms with Gasteiger partial charge in [-0.3, -0.25) is 4.79 Å². The van der Waals surface area contributed by atoms with Crippen molar-refractivity contribution < 1.29 is 9.21 Å². The Kier molecular flexibility index (Phi) is 3.22. The van der Waals surface area contributed by atoms with Crippen LogP contribution in [0.1, 0.15) is 29.7 Å². The van der Waals surface area contributed by atoms with Crippen LogP contribution in [0.2, 0.25) is 0 Å². The van der Waals surface area contributed by atoms with Crippen molar-refractivity contribution in [2.45, 2.75) is 25.7 Å². The van der Waals surface area contributed by atoms with Gasteiger partial charge in [-0.2, -0.15) is 0 Å². The van der Waals surface area contributed by atoms with Crippen molar-refractivity contribution in [3.8, 4) is 0 Å². The molecule has 1 aliphatic heterocycles. The molecule has 1 aromatic heterocycles. The van der Waals surface area contributed by atoms with Crippen LogP contribution >= 0.6 is 0 Å². The van der Waals surface area contributed by atoms with Crippen molar-refractivity contribution in [3.05, 3.63) is 65.4 Å². The van der Waals surface area contributed by atoms with Gasteiger partial charge in [-0.15, -0.1) is 0 Å². The predicted octanol–water partition coefficient (Wildman–Crippen LogP) is 4.30. The lowest BCUT2D eigenvalue weighted by atomic mass is 9.91. The topological polar surface area (TPSA) is 33.5 Å². The van der Waals surface area contributed by atoms with E-state index in [0.717, 1.165) is 34.4 Å². The lowest BCUT2D eigenvalue weighted by molar-refractivity contribution is -0.119. The van der Waals surface area contributed by atoms with Crippen LogP contribution in [0.4, 0.5) is 5.69 Å². The number of carbonyl (C=O) groups excluding carboxylic acids is 1. The van der Waals surface area contributed by atoms with E-state index in [-0.39, 0.29) is 11.8 Å². The summed E-state index contributed by atoms with van der Waals surface area (Å²) in [5.74, 6) is 1.03. The van der Waals surface area contributed by atoms with E-state index in [4.69, 9.17) is 4.42 Å². The molecule has 2 heterocycles. The second-order valence-electron chi connectivity index (χ2n) is 6.07. The number of rotatable bonds is 3. The maximum atomic E-state index is 12.7. The SMILES string of the molecule is CCc1oc2ccccc2c1C[C@@H]1C(=O)N(C)c2ccccc21. The lowest BCUT2D eigenvalue weighted by Crippen LogP contribution is -2.25. The fraction of sp³-hybridized carbons (Fsp3) is 0.250. The minimum Gasteiger partial charge on any atom is -0.461 e. The van der Waals surface area contributed by atoms with Crippen LogP contribution in [0, 0.1) is 0 Å². The number of anilines is 1. The van der Waals surface area contributed by atoms with Crippen molar-refractivity contribution in [1.82, 2.24) is 0 Å². The number of hydrogen-bond donors (Lipinski definition) is 0. The number of nitrogens with zero attached hydrogens (tertiary/aromatic N) is 1. The Morgan fingerprint density at radius 2 is 1.83 bits per heavy atom. The van der Waals surface area contributed by atoms with Gasteiger partial charge < -0.3 is 9.32 Å². The van der Waals surface area contributed by atoms with Gasteiger partial charge in [0.05, 0.1) is 5.92 Å². The van der Waals surface area contributed by atoms with Gasteiger partial charge in [0.25, 0.3) is 0 Å². The first-order valence-electron chi connectivity index (χ1n) is 8.06. The molecule has 0 saturated heterocycles. The Morgan fingerprint density at radius 3 is 2.65 bits per heavy atom. The average Bonchev–Trinajstić information content (AvgIpc) is 3.06. The van der Waals surface area contributed by atoms with Gasteiger partial charge >= 0.3 is 0 Å².